The quantitative estimate of drug-likeness (QED) is 0.225. The van der Waals surface area contributed by atoms with E-state index in [0.717, 1.165) is 96.7 Å². The van der Waals surface area contributed by atoms with Crippen LogP contribution in [0.25, 0.3) is 0 Å². The Labute approximate surface area is 345 Å². The fourth-order valence-electron chi connectivity index (χ4n) is 20.3. The van der Waals surface area contributed by atoms with Gasteiger partial charge in [-0.1, -0.05) is 119 Å². The van der Waals surface area contributed by atoms with E-state index in [0.29, 0.717) is 16.6 Å². The van der Waals surface area contributed by atoms with E-state index in [1.165, 1.54) is 109 Å². The van der Waals surface area contributed by atoms with E-state index >= 15 is 0 Å². The molecule has 0 aliphatic heterocycles. The fourth-order valence-corrected chi connectivity index (χ4v) is 20.3. The Hall–Kier alpha value is -0.630. The third-order valence-corrected chi connectivity index (χ3v) is 22.8. The molecule has 0 bridgehead atoms. The van der Waals surface area contributed by atoms with E-state index in [-0.39, 0.29) is 28.1 Å². The van der Waals surface area contributed by atoms with Gasteiger partial charge in [0.15, 0.2) is 0 Å². The molecule has 0 aromatic carbocycles. The van der Waals surface area contributed by atoms with Crippen LogP contribution in [0.2, 0.25) is 0 Å². The number of carbonyl (C=O) groups excluding carboxylic acids is 1. The minimum absolute atomic E-state index is 0.000821. The Morgan fingerprint density at radius 1 is 0.643 bits per heavy atom. The van der Waals surface area contributed by atoms with Gasteiger partial charge in [-0.2, -0.15) is 0 Å². The van der Waals surface area contributed by atoms with Crippen LogP contribution in [-0.2, 0) is 4.79 Å². The van der Waals surface area contributed by atoms with E-state index < -0.39 is 5.60 Å². The molecule has 0 aromatic heterocycles. The van der Waals surface area contributed by atoms with Crippen molar-refractivity contribution in [3.05, 3.63) is 11.6 Å². The van der Waals surface area contributed by atoms with Crippen molar-refractivity contribution in [1.29, 1.82) is 0 Å². The number of hydrogen-bond donors (Lipinski definition) is 1. The predicted molar refractivity (Wildman–Crippen MR) is 233 cm³/mol. The van der Waals surface area contributed by atoms with Crippen LogP contribution in [0.1, 0.15) is 204 Å². The summed E-state index contributed by atoms with van der Waals surface area (Å²) >= 11 is 0. The van der Waals surface area contributed by atoms with Gasteiger partial charge in [-0.15, -0.1) is 0 Å². The molecule has 1 spiro atoms. The molecule has 316 valence electrons. The highest BCUT2D eigenvalue weighted by Gasteiger charge is 2.82. The zero-order chi connectivity index (χ0) is 39.8. The van der Waals surface area contributed by atoms with Gasteiger partial charge in [0.2, 0.25) is 0 Å². The van der Waals surface area contributed by atoms with E-state index in [9.17, 15) is 9.90 Å². The molecule has 0 radical (unpaired) electrons. The van der Waals surface area contributed by atoms with Gasteiger partial charge in [-0.25, -0.2) is 0 Å². The first-order chi connectivity index (χ1) is 26.4. The van der Waals surface area contributed by atoms with Crippen LogP contribution < -0.4 is 0 Å². The number of hydrogen-bond acceptors (Lipinski definition) is 2. The standard InChI is InChI=1S/C54H88O2/c1-33(2)13-11-15-35(5)41-19-21-43-39-18-17-37-30-54(56)47-29-40-44-22-20-42(36(6)16-12-14-34(3)4)50(44,8)27-25-46(40)52(10)28-23-38(55)31-53(47,52)48(54)32-51(37,9)45(39)24-26-49(41,43)7/h30,33-36,39-48,56H,11-29,31-32H2,1-10H3/t35-,36-,39+,40+,41-,42-,43+,44+,45+,46+,47?,48?,49-,50-,51+,52-,53?,54?/m1/s1. The van der Waals surface area contributed by atoms with Crippen molar-refractivity contribution in [2.75, 3.05) is 0 Å². The Balaban J connectivity index is 0.993. The van der Waals surface area contributed by atoms with Crippen molar-refractivity contribution < 1.29 is 9.90 Å². The summed E-state index contributed by atoms with van der Waals surface area (Å²) in [5, 5.41) is 13.4. The molecule has 4 unspecified atom stereocenters. The Morgan fingerprint density at radius 2 is 1.21 bits per heavy atom. The maximum Gasteiger partial charge on any atom is 0.133 e. The molecule has 0 amide bonds. The topological polar surface area (TPSA) is 37.3 Å². The number of carbonyl (C=O) groups is 1. The molecule has 2 nitrogen and oxygen atoms in total. The van der Waals surface area contributed by atoms with Crippen LogP contribution in [0.4, 0.5) is 0 Å². The molecule has 0 saturated heterocycles. The molecule has 18 atom stereocenters. The van der Waals surface area contributed by atoms with Gasteiger partial charge in [0, 0.05) is 12.8 Å². The smallest absolute Gasteiger partial charge is 0.133 e. The molecular weight excluding hydrogens is 681 g/mol. The molecule has 0 heterocycles. The summed E-state index contributed by atoms with van der Waals surface area (Å²) in [7, 11) is 0. The minimum atomic E-state index is -0.700. The van der Waals surface area contributed by atoms with E-state index in [4.69, 9.17) is 0 Å². The third-order valence-electron chi connectivity index (χ3n) is 22.8. The Bertz CT molecular complexity index is 1540. The summed E-state index contributed by atoms with van der Waals surface area (Å²) in [6, 6.07) is 0. The lowest BCUT2D eigenvalue weighted by Gasteiger charge is -2.81. The summed E-state index contributed by atoms with van der Waals surface area (Å²) < 4.78 is 0. The summed E-state index contributed by atoms with van der Waals surface area (Å²) in [5.41, 5.74) is 2.29. The highest BCUT2D eigenvalue weighted by molar-refractivity contribution is 5.81. The van der Waals surface area contributed by atoms with E-state index in [1.54, 1.807) is 5.57 Å². The molecule has 2 heteroatoms. The first kappa shape index (κ1) is 40.8. The number of Topliss-reactive ketones (excluding diaryl/α,β-unsaturated/α-hetero) is 1. The molecule has 1 N–H and O–H groups in total. The molecule has 0 aromatic rings. The zero-order valence-corrected chi connectivity index (χ0v) is 38.4. The number of allylic oxidation sites excluding steroid dienone is 1. The summed E-state index contributed by atoms with van der Waals surface area (Å²) in [5.74, 6) is 10.9. The van der Waals surface area contributed by atoms with E-state index in [2.05, 4.69) is 75.3 Å². The van der Waals surface area contributed by atoms with Crippen LogP contribution in [0.5, 0.6) is 0 Å². The van der Waals surface area contributed by atoms with Crippen LogP contribution in [0, 0.1) is 110 Å². The van der Waals surface area contributed by atoms with Crippen molar-refractivity contribution >= 4 is 5.78 Å². The van der Waals surface area contributed by atoms with Gasteiger partial charge in [-0.3, -0.25) is 4.79 Å². The van der Waals surface area contributed by atoms with Crippen molar-refractivity contribution in [2.45, 2.75) is 210 Å². The first-order valence-corrected chi connectivity index (χ1v) is 25.4. The van der Waals surface area contributed by atoms with Crippen LogP contribution in [0.3, 0.4) is 0 Å². The fraction of sp³-hybridized carbons (Fsp3) is 0.944. The van der Waals surface area contributed by atoms with Crippen LogP contribution >= 0.6 is 0 Å². The maximum atomic E-state index is 13.9. The third kappa shape index (κ3) is 5.55. The molecule has 9 aliphatic rings. The number of rotatable bonds is 10. The SMILES string of the molecule is CC(C)CCC[C@@H](C)[C@H]1CC[C@H]2[C@@H]3CCC4=CC5(O)C6C[C@H]7[C@@H]8CC[C@H]([C@H](C)CCCC(C)C)[C@@]8(C)CC[C@@H]7[C@@]7(C)CCC(=O)CC67C5C[C@]4(C)[C@H]3CC[C@]12C. The van der Waals surface area contributed by atoms with Gasteiger partial charge in [0.05, 0.1) is 5.60 Å². The molecule has 8 saturated carbocycles. The summed E-state index contributed by atoms with van der Waals surface area (Å²) in [4.78, 5) is 13.9. The van der Waals surface area contributed by atoms with E-state index in [1.807, 2.05) is 0 Å². The lowest BCUT2D eigenvalue weighted by Crippen LogP contribution is -2.80. The van der Waals surface area contributed by atoms with Gasteiger partial charge >= 0.3 is 0 Å². The molecule has 56 heavy (non-hydrogen) atoms. The summed E-state index contributed by atoms with van der Waals surface area (Å²) in [6.07, 6.45) is 29.9. The average Bonchev–Trinajstić information content (AvgIpc) is 3.68. The second kappa shape index (κ2) is 13.9. The molecule has 9 aliphatic carbocycles. The van der Waals surface area contributed by atoms with Gasteiger partial charge < -0.3 is 5.11 Å². The lowest BCUT2D eigenvalue weighted by atomic mass is 9.24. The maximum absolute atomic E-state index is 13.9. The van der Waals surface area contributed by atoms with Crippen molar-refractivity contribution in [1.82, 2.24) is 0 Å². The Morgan fingerprint density at radius 3 is 1.80 bits per heavy atom. The number of ketones is 1. The van der Waals surface area contributed by atoms with Gasteiger partial charge in [0.1, 0.15) is 5.78 Å². The highest BCUT2D eigenvalue weighted by atomic mass is 16.3. The van der Waals surface area contributed by atoms with Gasteiger partial charge in [0.25, 0.3) is 0 Å². The average molecular weight is 769 g/mol. The second-order valence-corrected chi connectivity index (χ2v) is 25.5. The minimum Gasteiger partial charge on any atom is -0.385 e. The number of aliphatic hydroxyl groups is 1. The number of fused-ring (bicyclic) bond motifs is 11. The highest BCUT2D eigenvalue weighted by Crippen LogP contribution is 2.84. The zero-order valence-electron chi connectivity index (χ0n) is 38.4. The van der Waals surface area contributed by atoms with Gasteiger partial charge in [-0.05, 0) is 193 Å². The normalized spacial score (nSPS) is 52.7. The Kier molecular flexibility index (Phi) is 10.2. The molecule has 8 fully saturated rings. The monoisotopic (exact) mass is 769 g/mol. The van der Waals surface area contributed by atoms with Crippen LogP contribution in [-0.4, -0.2) is 16.5 Å². The molecule has 9 rings (SSSR count). The van der Waals surface area contributed by atoms with Crippen LogP contribution in [0.15, 0.2) is 11.6 Å². The van der Waals surface area contributed by atoms with Crippen molar-refractivity contribution in [3.63, 3.8) is 0 Å². The first-order valence-electron chi connectivity index (χ1n) is 25.4. The largest absolute Gasteiger partial charge is 0.385 e. The lowest BCUT2D eigenvalue weighted by molar-refractivity contribution is -0.344. The second-order valence-electron chi connectivity index (χ2n) is 25.5. The summed E-state index contributed by atoms with van der Waals surface area (Å²) in [6.45, 7) is 25.7. The van der Waals surface area contributed by atoms with Crippen molar-refractivity contribution in [2.24, 2.45) is 110 Å². The predicted octanol–water partition coefficient (Wildman–Crippen LogP) is 14.3. The van der Waals surface area contributed by atoms with Crippen molar-refractivity contribution in [3.8, 4) is 0 Å². The molecular formula is C54H88O2.